The van der Waals surface area contributed by atoms with Gasteiger partial charge in [-0.25, -0.2) is 0 Å². The number of rotatable bonds is 6. The molecule has 2 aliphatic rings. The molecule has 8 nitrogen and oxygen atoms in total. The van der Waals surface area contributed by atoms with Crippen LogP contribution in [0.5, 0.6) is 0 Å². The van der Waals surface area contributed by atoms with E-state index in [4.69, 9.17) is 0 Å². The van der Waals surface area contributed by atoms with E-state index >= 15 is 0 Å². The van der Waals surface area contributed by atoms with E-state index in [9.17, 15) is 9.59 Å². The highest BCUT2D eigenvalue weighted by Gasteiger charge is 2.22. The van der Waals surface area contributed by atoms with Gasteiger partial charge in [-0.2, -0.15) is 15.4 Å². The number of carbonyl (C=O) groups is 2. The molecule has 1 fully saturated rings. The number of benzene rings is 1. The lowest BCUT2D eigenvalue weighted by Crippen LogP contribution is -2.48. The molecule has 27 heavy (non-hydrogen) atoms. The number of H-pyrrole nitrogens is 1. The van der Waals surface area contributed by atoms with Gasteiger partial charge in [-0.1, -0.05) is 12.1 Å². The number of anilines is 1. The van der Waals surface area contributed by atoms with Crippen molar-refractivity contribution in [3.05, 3.63) is 41.2 Å². The first-order valence-corrected chi connectivity index (χ1v) is 9.44. The van der Waals surface area contributed by atoms with Crippen LogP contribution in [0.3, 0.4) is 0 Å². The minimum Gasteiger partial charge on any atom is -0.352 e. The molecule has 1 atom stereocenters. The van der Waals surface area contributed by atoms with E-state index in [1.807, 2.05) is 18.2 Å². The Labute approximate surface area is 157 Å². The average molecular weight is 368 g/mol. The van der Waals surface area contributed by atoms with Gasteiger partial charge in [-0.3, -0.25) is 9.59 Å². The number of hydrogen-bond donors (Lipinski definition) is 3. The molecule has 0 spiro atoms. The Morgan fingerprint density at radius 2 is 2.30 bits per heavy atom. The number of hydrogen-bond acceptors (Lipinski definition) is 5. The Kier molecular flexibility index (Phi) is 5.15. The molecule has 1 aromatic heterocycles. The first-order valence-electron chi connectivity index (χ1n) is 9.44. The summed E-state index contributed by atoms with van der Waals surface area (Å²) in [5.41, 5.74) is 3.72. The summed E-state index contributed by atoms with van der Waals surface area (Å²) in [6.07, 6.45) is 5.45. The molecule has 8 heteroatoms. The van der Waals surface area contributed by atoms with Crippen molar-refractivity contribution in [2.24, 2.45) is 0 Å². The van der Waals surface area contributed by atoms with Gasteiger partial charge in [0.1, 0.15) is 0 Å². The third-order valence-electron chi connectivity index (χ3n) is 5.18. The maximum absolute atomic E-state index is 12.5. The molecule has 2 aromatic rings. The summed E-state index contributed by atoms with van der Waals surface area (Å²) >= 11 is 0. The van der Waals surface area contributed by atoms with E-state index in [1.54, 1.807) is 6.20 Å². The molecule has 2 amide bonds. The molecular formula is C19H24N6O2. The minimum atomic E-state index is 0.0134. The van der Waals surface area contributed by atoms with Gasteiger partial charge in [-0.05, 0) is 36.6 Å². The van der Waals surface area contributed by atoms with Gasteiger partial charge in [0.15, 0.2) is 0 Å². The maximum Gasteiger partial charge on any atom is 0.228 e. The quantitative estimate of drug-likeness (QED) is 0.695. The smallest absolute Gasteiger partial charge is 0.228 e. The van der Waals surface area contributed by atoms with Gasteiger partial charge in [0.25, 0.3) is 0 Å². The fraction of sp³-hybridized carbons (Fsp3) is 0.474. The predicted octanol–water partition coefficient (Wildman–Crippen LogP) is 0.665. The number of nitrogens with zero attached hydrogens (tertiary/aromatic N) is 3. The zero-order valence-electron chi connectivity index (χ0n) is 15.2. The van der Waals surface area contributed by atoms with Crippen molar-refractivity contribution < 1.29 is 9.59 Å². The lowest BCUT2D eigenvalue weighted by Gasteiger charge is -2.33. The summed E-state index contributed by atoms with van der Waals surface area (Å²) in [6.45, 7) is 2.84. The highest BCUT2D eigenvalue weighted by molar-refractivity contribution is 5.99. The Bertz CT molecular complexity index is 820. The number of aromatic nitrogens is 3. The summed E-state index contributed by atoms with van der Waals surface area (Å²) in [6, 6.07) is 5.95. The highest BCUT2D eigenvalue weighted by Crippen LogP contribution is 2.24. The standard InChI is InChI=1S/C19H24N6O2/c26-18(9-13-3-4-14-10-19(27)22-17(14)8-13)21-16-2-1-6-25(12-16)7-5-15-11-20-24-23-15/h3-4,8,11,16H,1-2,5-7,9-10,12H2,(H,21,26)(H,22,27)(H,20,23,24)/t16-/m0/s1. The molecule has 3 N–H and O–H groups in total. The number of likely N-dealkylation sites (tertiary alicyclic amines) is 1. The normalized spacial score (nSPS) is 19.6. The van der Waals surface area contributed by atoms with Crippen molar-refractivity contribution in [3.8, 4) is 0 Å². The molecule has 1 saturated heterocycles. The van der Waals surface area contributed by atoms with Crippen LogP contribution in [0.2, 0.25) is 0 Å². The lowest BCUT2D eigenvalue weighted by molar-refractivity contribution is -0.121. The van der Waals surface area contributed by atoms with E-state index in [0.29, 0.717) is 12.8 Å². The van der Waals surface area contributed by atoms with Gasteiger partial charge < -0.3 is 15.5 Å². The van der Waals surface area contributed by atoms with E-state index in [2.05, 4.69) is 30.9 Å². The van der Waals surface area contributed by atoms with Gasteiger partial charge in [0.2, 0.25) is 11.8 Å². The van der Waals surface area contributed by atoms with Crippen LogP contribution in [0.15, 0.2) is 24.4 Å². The van der Waals surface area contributed by atoms with Crippen LogP contribution >= 0.6 is 0 Å². The van der Waals surface area contributed by atoms with Gasteiger partial charge >= 0.3 is 0 Å². The van der Waals surface area contributed by atoms with Crippen molar-refractivity contribution in [3.63, 3.8) is 0 Å². The van der Waals surface area contributed by atoms with E-state index in [1.165, 1.54) is 0 Å². The molecule has 142 valence electrons. The highest BCUT2D eigenvalue weighted by atomic mass is 16.2. The summed E-state index contributed by atoms with van der Waals surface area (Å²) in [5, 5.41) is 16.6. The number of piperidine rings is 1. The average Bonchev–Trinajstić information content (AvgIpc) is 3.28. The summed E-state index contributed by atoms with van der Waals surface area (Å²) in [5.74, 6) is 0.0437. The number of carbonyl (C=O) groups excluding carboxylic acids is 2. The third kappa shape index (κ3) is 4.51. The largest absolute Gasteiger partial charge is 0.352 e. The molecule has 4 rings (SSSR count). The van der Waals surface area contributed by atoms with E-state index in [0.717, 1.165) is 61.4 Å². The van der Waals surface area contributed by atoms with Crippen molar-refractivity contribution >= 4 is 17.5 Å². The number of amides is 2. The van der Waals surface area contributed by atoms with Crippen LogP contribution < -0.4 is 10.6 Å². The Hall–Kier alpha value is -2.74. The predicted molar refractivity (Wildman–Crippen MR) is 100 cm³/mol. The Balaban J connectivity index is 1.26. The molecule has 0 bridgehead atoms. The van der Waals surface area contributed by atoms with Crippen LogP contribution in [0, 0.1) is 0 Å². The molecule has 0 unspecified atom stereocenters. The molecule has 1 aromatic carbocycles. The van der Waals surface area contributed by atoms with Crippen LogP contribution in [-0.4, -0.2) is 57.8 Å². The zero-order valence-corrected chi connectivity index (χ0v) is 15.2. The van der Waals surface area contributed by atoms with Crippen LogP contribution in [0.4, 0.5) is 5.69 Å². The molecular weight excluding hydrogens is 344 g/mol. The second-order valence-electron chi connectivity index (χ2n) is 7.31. The fourth-order valence-corrected chi connectivity index (χ4v) is 3.83. The van der Waals surface area contributed by atoms with E-state index < -0.39 is 0 Å². The lowest BCUT2D eigenvalue weighted by atomic mass is 10.0. The summed E-state index contributed by atoms with van der Waals surface area (Å²) in [7, 11) is 0. The topological polar surface area (TPSA) is 103 Å². The van der Waals surface area contributed by atoms with E-state index in [-0.39, 0.29) is 17.9 Å². The number of nitrogens with one attached hydrogen (secondary N) is 3. The maximum atomic E-state index is 12.5. The summed E-state index contributed by atoms with van der Waals surface area (Å²) in [4.78, 5) is 26.3. The molecule has 0 aliphatic carbocycles. The Morgan fingerprint density at radius 1 is 1.37 bits per heavy atom. The first kappa shape index (κ1) is 17.7. The second-order valence-corrected chi connectivity index (χ2v) is 7.31. The van der Waals surface area contributed by atoms with Crippen molar-refractivity contribution in [1.82, 2.24) is 25.6 Å². The van der Waals surface area contributed by atoms with Crippen LogP contribution in [0.1, 0.15) is 29.7 Å². The second kappa shape index (κ2) is 7.87. The number of fused-ring (bicyclic) bond motifs is 1. The van der Waals surface area contributed by atoms with Crippen molar-refractivity contribution in [1.29, 1.82) is 0 Å². The van der Waals surface area contributed by atoms with Gasteiger partial charge in [0.05, 0.1) is 24.7 Å². The first-order chi connectivity index (χ1) is 13.2. The van der Waals surface area contributed by atoms with Crippen molar-refractivity contribution in [2.75, 3.05) is 25.0 Å². The van der Waals surface area contributed by atoms with Crippen LogP contribution in [-0.2, 0) is 28.9 Å². The summed E-state index contributed by atoms with van der Waals surface area (Å²) < 4.78 is 0. The van der Waals surface area contributed by atoms with Gasteiger partial charge in [0, 0.05) is 31.2 Å². The zero-order chi connectivity index (χ0) is 18.6. The minimum absolute atomic E-state index is 0.0134. The molecule has 2 aliphatic heterocycles. The SMILES string of the molecule is O=C1Cc2ccc(CC(=O)N[C@H]3CCCN(CCc4cn[nH]n4)C3)cc2N1. The Morgan fingerprint density at radius 3 is 3.15 bits per heavy atom. The van der Waals surface area contributed by atoms with Gasteiger partial charge in [-0.15, -0.1) is 0 Å². The molecule has 3 heterocycles. The van der Waals surface area contributed by atoms with Crippen molar-refractivity contribution in [2.45, 2.75) is 38.1 Å². The molecule has 0 radical (unpaired) electrons. The number of aromatic amines is 1. The van der Waals surface area contributed by atoms with Crippen LogP contribution in [0.25, 0.3) is 0 Å². The third-order valence-corrected chi connectivity index (χ3v) is 5.18. The monoisotopic (exact) mass is 368 g/mol. The fourth-order valence-electron chi connectivity index (χ4n) is 3.83. The molecule has 0 saturated carbocycles.